The maximum Gasteiger partial charge on any atom is 0.325 e. The minimum absolute atomic E-state index is 0.0665. The van der Waals surface area contributed by atoms with Crippen LogP contribution in [0.4, 0.5) is 15.0 Å². The maximum atomic E-state index is 13.4. The first-order chi connectivity index (χ1) is 8.51. The first-order valence-electron chi connectivity index (χ1n) is 6.03. The van der Waals surface area contributed by atoms with E-state index >= 15 is 0 Å². The van der Waals surface area contributed by atoms with E-state index in [1.54, 1.807) is 14.0 Å². The number of carbonyl (C=O) groups is 1. The van der Waals surface area contributed by atoms with Gasteiger partial charge in [0.05, 0.1) is 6.20 Å². The predicted octanol–water partition coefficient (Wildman–Crippen LogP) is 2.21. The van der Waals surface area contributed by atoms with Crippen LogP contribution in [0.15, 0.2) is 6.20 Å². The molecule has 2 heterocycles. The fourth-order valence-corrected chi connectivity index (χ4v) is 1.48. The van der Waals surface area contributed by atoms with E-state index in [1.807, 2.05) is 0 Å². The summed E-state index contributed by atoms with van der Waals surface area (Å²) in [6.07, 6.45) is 2.34. The number of aryl methyl sites for hydroxylation is 1. The molecular weight excluding hydrogens is 235 g/mol. The van der Waals surface area contributed by atoms with E-state index in [1.165, 1.54) is 16.2 Å². The van der Waals surface area contributed by atoms with Crippen LogP contribution < -0.4 is 4.90 Å². The number of carbonyl (C=O) groups excluding carboxylic acids is 1. The highest BCUT2D eigenvalue weighted by Crippen LogP contribution is 2.19. The Morgan fingerprint density at radius 2 is 2.00 bits per heavy atom. The summed E-state index contributed by atoms with van der Waals surface area (Å²) in [4.78, 5) is 22.1. The number of hydrogen-bond acceptors (Lipinski definition) is 3. The van der Waals surface area contributed by atoms with Crippen molar-refractivity contribution in [3.63, 3.8) is 0 Å². The van der Waals surface area contributed by atoms with Gasteiger partial charge in [-0.05, 0) is 6.92 Å². The number of anilines is 1. The van der Waals surface area contributed by atoms with Crippen molar-refractivity contribution in [2.24, 2.45) is 0 Å². The van der Waals surface area contributed by atoms with E-state index < -0.39 is 5.82 Å². The lowest BCUT2D eigenvalue weighted by molar-refractivity contribution is 0.229. The summed E-state index contributed by atoms with van der Waals surface area (Å²) in [6, 6.07) is -0.230. The quantitative estimate of drug-likeness (QED) is 0.772. The Bertz CT molecular complexity index is 425. The highest BCUT2D eigenvalue weighted by molar-refractivity contribution is 5.93. The van der Waals surface area contributed by atoms with E-state index in [0.717, 1.165) is 6.20 Å². The average Bonchev–Trinajstić information content (AvgIpc) is 2.65. The molecule has 0 N–H and O–H groups in total. The lowest BCUT2D eigenvalue weighted by Gasteiger charge is -2.15. The van der Waals surface area contributed by atoms with Gasteiger partial charge in [0, 0.05) is 20.1 Å². The lowest BCUT2D eigenvalue weighted by Crippen LogP contribution is -2.30. The molecule has 2 rings (SSSR count). The molecule has 0 bridgehead atoms. The third-order valence-electron chi connectivity index (χ3n) is 2.32. The summed E-state index contributed by atoms with van der Waals surface area (Å²) in [5.74, 6) is -0.0464. The highest BCUT2D eigenvalue weighted by Gasteiger charge is 2.29. The SMILES string of the molecule is CCC.Cc1ncc(F)c(N2CCN(C)C2=O)n1. The molecule has 1 saturated heterocycles. The Morgan fingerprint density at radius 1 is 1.39 bits per heavy atom. The zero-order valence-corrected chi connectivity index (χ0v) is 11.3. The summed E-state index contributed by atoms with van der Waals surface area (Å²) in [5.41, 5.74) is 0. The fourth-order valence-electron chi connectivity index (χ4n) is 1.48. The number of likely N-dealkylation sites (N-methyl/N-ethyl adjacent to an activating group) is 1. The number of halogens is 1. The van der Waals surface area contributed by atoms with E-state index in [0.29, 0.717) is 18.9 Å². The van der Waals surface area contributed by atoms with Crippen LogP contribution in [0.2, 0.25) is 0 Å². The van der Waals surface area contributed by atoms with Gasteiger partial charge >= 0.3 is 6.03 Å². The van der Waals surface area contributed by atoms with Crippen molar-refractivity contribution in [3.8, 4) is 0 Å². The summed E-state index contributed by atoms with van der Waals surface area (Å²) in [5, 5.41) is 0. The van der Waals surface area contributed by atoms with Crippen molar-refractivity contribution in [2.75, 3.05) is 25.0 Å². The predicted molar refractivity (Wildman–Crippen MR) is 68.1 cm³/mol. The zero-order chi connectivity index (χ0) is 13.7. The Balaban J connectivity index is 0.000000492. The first-order valence-corrected chi connectivity index (χ1v) is 6.03. The summed E-state index contributed by atoms with van der Waals surface area (Å²) < 4.78 is 13.4. The molecule has 0 unspecified atom stereocenters. The molecule has 0 aromatic carbocycles. The minimum Gasteiger partial charge on any atom is -0.326 e. The number of amides is 2. The van der Waals surface area contributed by atoms with Crippen molar-refractivity contribution < 1.29 is 9.18 Å². The van der Waals surface area contributed by atoms with E-state index in [-0.39, 0.29) is 11.8 Å². The van der Waals surface area contributed by atoms with Crippen molar-refractivity contribution in [2.45, 2.75) is 27.2 Å². The summed E-state index contributed by atoms with van der Waals surface area (Å²) in [7, 11) is 1.67. The van der Waals surface area contributed by atoms with Gasteiger partial charge in [-0.1, -0.05) is 20.3 Å². The topological polar surface area (TPSA) is 49.3 Å². The first kappa shape index (κ1) is 14.3. The molecule has 0 saturated carbocycles. The van der Waals surface area contributed by atoms with E-state index in [9.17, 15) is 9.18 Å². The molecule has 18 heavy (non-hydrogen) atoms. The van der Waals surface area contributed by atoms with Crippen LogP contribution in [0.3, 0.4) is 0 Å². The van der Waals surface area contributed by atoms with Crippen molar-refractivity contribution >= 4 is 11.8 Å². The summed E-state index contributed by atoms with van der Waals surface area (Å²) >= 11 is 0. The van der Waals surface area contributed by atoms with Crippen molar-refractivity contribution in [3.05, 3.63) is 17.8 Å². The number of aromatic nitrogens is 2. The average molecular weight is 254 g/mol. The zero-order valence-electron chi connectivity index (χ0n) is 11.3. The third kappa shape index (κ3) is 3.15. The number of hydrogen-bond donors (Lipinski definition) is 0. The second-order valence-corrected chi connectivity index (χ2v) is 4.15. The van der Waals surface area contributed by atoms with Crippen LogP contribution in [0.1, 0.15) is 26.1 Å². The second-order valence-electron chi connectivity index (χ2n) is 4.15. The molecule has 1 fully saturated rings. The molecule has 0 radical (unpaired) electrons. The minimum atomic E-state index is -0.566. The molecule has 100 valence electrons. The maximum absolute atomic E-state index is 13.4. The van der Waals surface area contributed by atoms with Gasteiger partial charge in [0.25, 0.3) is 0 Å². The Labute approximate surface area is 107 Å². The highest BCUT2D eigenvalue weighted by atomic mass is 19.1. The molecule has 1 aromatic rings. The van der Waals surface area contributed by atoms with Gasteiger partial charge < -0.3 is 4.90 Å². The van der Waals surface area contributed by atoms with Gasteiger partial charge in [0.2, 0.25) is 0 Å². The van der Waals surface area contributed by atoms with Gasteiger partial charge in [-0.3, -0.25) is 4.90 Å². The van der Waals surface area contributed by atoms with Crippen LogP contribution in [0, 0.1) is 12.7 Å². The monoisotopic (exact) mass is 254 g/mol. The Hall–Kier alpha value is -1.72. The van der Waals surface area contributed by atoms with Crippen molar-refractivity contribution in [1.29, 1.82) is 0 Å². The fraction of sp³-hybridized carbons (Fsp3) is 0.583. The molecule has 1 aromatic heterocycles. The van der Waals surface area contributed by atoms with Gasteiger partial charge in [-0.25, -0.2) is 19.2 Å². The molecule has 1 aliphatic rings. The van der Waals surface area contributed by atoms with Gasteiger partial charge in [-0.15, -0.1) is 0 Å². The summed E-state index contributed by atoms with van der Waals surface area (Å²) in [6.45, 7) is 6.96. The molecule has 6 heteroatoms. The smallest absolute Gasteiger partial charge is 0.325 e. The van der Waals surface area contributed by atoms with Crippen LogP contribution in [-0.2, 0) is 0 Å². The normalized spacial score (nSPS) is 14.6. The molecular formula is C12H19FN4O. The molecule has 0 spiro atoms. The Morgan fingerprint density at radius 3 is 2.50 bits per heavy atom. The lowest BCUT2D eigenvalue weighted by atomic mass is 10.4. The van der Waals surface area contributed by atoms with E-state index in [2.05, 4.69) is 23.8 Å². The number of urea groups is 1. The number of nitrogens with zero attached hydrogens (tertiary/aromatic N) is 4. The number of rotatable bonds is 1. The molecule has 2 amide bonds. The Kier molecular flexibility index (Phi) is 5.00. The standard InChI is InChI=1S/C9H11FN4O.C3H8/c1-6-11-5-7(10)8(12-6)14-4-3-13(2)9(14)15;1-3-2/h5H,3-4H2,1-2H3;3H2,1-2H3. The van der Waals surface area contributed by atoms with Gasteiger partial charge in [-0.2, -0.15) is 0 Å². The van der Waals surface area contributed by atoms with Crippen LogP contribution >= 0.6 is 0 Å². The molecule has 0 atom stereocenters. The molecule has 0 aliphatic carbocycles. The molecule has 1 aliphatic heterocycles. The van der Waals surface area contributed by atoms with Gasteiger partial charge in [0.15, 0.2) is 11.6 Å². The van der Waals surface area contributed by atoms with Gasteiger partial charge in [0.1, 0.15) is 5.82 Å². The largest absolute Gasteiger partial charge is 0.326 e. The molecule has 5 nitrogen and oxygen atoms in total. The van der Waals surface area contributed by atoms with Crippen LogP contribution in [0.25, 0.3) is 0 Å². The second kappa shape index (κ2) is 6.28. The van der Waals surface area contributed by atoms with Crippen LogP contribution in [-0.4, -0.2) is 41.0 Å². The van der Waals surface area contributed by atoms with E-state index in [4.69, 9.17) is 0 Å². The van der Waals surface area contributed by atoms with Crippen LogP contribution in [0.5, 0.6) is 0 Å². The third-order valence-corrected chi connectivity index (χ3v) is 2.32. The van der Waals surface area contributed by atoms with Crippen molar-refractivity contribution in [1.82, 2.24) is 14.9 Å².